The number of hydrogen-bond acceptors (Lipinski definition) is 3. The Morgan fingerprint density at radius 3 is 2.72 bits per heavy atom. The van der Waals surface area contributed by atoms with Gasteiger partial charge in [-0.2, -0.15) is 9.78 Å². The molecule has 7 heteroatoms. The van der Waals surface area contributed by atoms with Crippen LogP contribution >= 0.6 is 11.6 Å². The third-order valence-corrected chi connectivity index (χ3v) is 2.33. The number of halogens is 1. The zero-order chi connectivity index (χ0) is 13.1. The van der Waals surface area contributed by atoms with Crippen molar-refractivity contribution >= 4 is 29.3 Å². The topological polar surface area (TPSA) is 84.2 Å². The summed E-state index contributed by atoms with van der Waals surface area (Å²) in [7, 11) is 0. The van der Waals surface area contributed by atoms with Crippen LogP contribution in [0.5, 0.6) is 0 Å². The van der Waals surface area contributed by atoms with Crippen molar-refractivity contribution in [1.29, 1.82) is 0 Å². The summed E-state index contributed by atoms with van der Waals surface area (Å²) < 4.78 is 0.907. The molecule has 18 heavy (non-hydrogen) atoms. The van der Waals surface area contributed by atoms with Gasteiger partial charge in [-0.3, -0.25) is 0 Å². The number of benzene rings is 1. The SMILES string of the molecule is O=C(O)c1ccn(C(=O)Nc2cccc(Cl)c2)n1. The molecule has 2 N–H and O–H groups in total. The van der Waals surface area contributed by atoms with E-state index in [0.717, 1.165) is 4.68 Å². The predicted molar refractivity (Wildman–Crippen MR) is 65.1 cm³/mol. The van der Waals surface area contributed by atoms with Gasteiger partial charge in [0, 0.05) is 16.9 Å². The molecule has 0 fully saturated rings. The number of nitrogens with one attached hydrogen (secondary N) is 1. The van der Waals surface area contributed by atoms with Crippen LogP contribution in [0.4, 0.5) is 10.5 Å². The van der Waals surface area contributed by atoms with Gasteiger partial charge in [0.2, 0.25) is 0 Å². The monoisotopic (exact) mass is 265 g/mol. The molecule has 1 heterocycles. The van der Waals surface area contributed by atoms with Crippen LogP contribution in [0.2, 0.25) is 5.02 Å². The van der Waals surface area contributed by atoms with Gasteiger partial charge in [0.1, 0.15) is 0 Å². The summed E-state index contributed by atoms with van der Waals surface area (Å²) in [5.74, 6) is -1.19. The Morgan fingerprint density at radius 2 is 2.11 bits per heavy atom. The Hall–Kier alpha value is -2.34. The van der Waals surface area contributed by atoms with Crippen LogP contribution in [0, 0.1) is 0 Å². The highest BCUT2D eigenvalue weighted by Gasteiger charge is 2.11. The number of carbonyl (C=O) groups excluding carboxylic acids is 1. The van der Waals surface area contributed by atoms with Crippen molar-refractivity contribution in [3.05, 3.63) is 47.2 Å². The number of carbonyl (C=O) groups is 2. The Labute approximate surface area is 107 Å². The summed E-state index contributed by atoms with van der Waals surface area (Å²) >= 11 is 5.77. The third kappa shape index (κ3) is 2.67. The lowest BCUT2D eigenvalue weighted by Crippen LogP contribution is -2.20. The second-order valence-electron chi connectivity index (χ2n) is 3.39. The number of anilines is 1. The van der Waals surface area contributed by atoms with Crippen molar-refractivity contribution in [1.82, 2.24) is 9.78 Å². The van der Waals surface area contributed by atoms with E-state index >= 15 is 0 Å². The first-order chi connectivity index (χ1) is 8.56. The van der Waals surface area contributed by atoms with E-state index in [1.807, 2.05) is 0 Å². The minimum absolute atomic E-state index is 0.198. The van der Waals surface area contributed by atoms with E-state index in [0.29, 0.717) is 10.7 Å². The zero-order valence-corrected chi connectivity index (χ0v) is 9.76. The minimum Gasteiger partial charge on any atom is -0.476 e. The van der Waals surface area contributed by atoms with E-state index in [1.165, 1.54) is 12.3 Å². The van der Waals surface area contributed by atoms with Crippen LogP contribution in [-0.4, -0.2) is 26.9 Å². The summed E-state index contributed by atoms with van der Waals surface area (Å²) in [6.45, 7) is 0. The number of rotatable bonds is 2. The summed E-state index contributed by atoms with van der Waals surface area (Å²) in [5, 5.41) is 15.3. The number of nitrogens with zero attached hydrogens (tertiary/aromatic N) is 2. The number of hydrogen-bond donors (Lipinski definition) is 2. The first-order valence-electron chi connectivity index (χ1n) is 4.92. The van der Waals surface area contributed by atoms with Crippen molar-refractivity contribution in [2.45, 2.75) is 0 Å². The molecule has 0 spiro atoms. The molecular weight excluding hydrogens is 258 g/mol. The number of aromatic carboxylic acids is 1. The lowest BCUT2D eigenvalue weighted by atomic mass is 10.3. The summed E-state index contributed by atoms with van der Waals surface area (Å²) in [6, 6.07) is 7.26. The first-order valence-corrected chi connectivity index (χ1v) is 5.30. The van der Waals surface area contributed by atoms with E-state index in [4.69, 9.17) is 16.7 Å². The fourth-order valence-electron chi connectivity index (χ4n) is 1.30. The van der Waals surface area contributed by atoms with Crippen molar-refractivity contribution < 1.29 is 14.7 Å². The summed E-state index contributed by atoms with van der Waals surface area (Å²) in [6.07, 6.45) is 1.27. The van der Waals surface area contributed by atoms with E-state index in [1.54, 1.807) is 24.3 Å². The second kappa shape index (κ2) is 4.89. The van der Waals surface area contributed by atoms with Gasteiger partial charge in [0.15, 0.2) is 5.69 Å². The fourth-order valence-corrected chi connectivity index (χ4v) is 1.49. The highest BCUT2D eigenvalue weighted by atomic mass is 35.5. The smallest absolute Gasteiger partial charge is 0.356 e. The fraction of sp³-hybridized carbons (Fsp3) is 0. The maximum atomic E-state index is 11.7. The van der Waals surface area contributed by atoms with E-state index in [-0.39, 0.29) is 5.69 Å². The summed E-state index contributed by atoms with van der Waals surface area (Å²) in [4.78, 5) is 22.3. The van der Waals surface area contributed by atoms with Gasteiger partial charge < -0.3 is 10.4 Å². The normalized spacial score (nSPS) is 10.1. The highest BCUT2D eigenvalue weighted by molar-refractivity contribution is 6.30. The molecule has 1 aromatic heterocycles. The molecule has 0 aliphatic carbocycles. The molecule has 1 aromatic carbocycles. The van der Waals surface area contributed by atoms with Crippen LogP contribution in [-0.2, 0) is 0 Å². The van der Waals surface area contributed by atoms with Gasteiger partial charge in [0.25, 0.3) is 0 Å². The Kier molecular flexibility index (Phi) is 3.29. The van der Waals surface area contributed by atoms with Gasteiger partial charge in [-0.05, 0) is 24.3 Å². The maximum Gasteiger partial charge on any atom is 0.356 e. The Bertz CT molecular complexity index is 609. The molecule has 0 radical (unpaired) electrons. The van der Waals surface area contributed by atoms with E-state index < -0.39 is 12.0 Å². The third-order valence-electron chi connectivity index (χ3n) is 2.09. The highest BCUT2D eigenvalue weighted by Crippen LogP contribution is 2.15. The summed E-state index contributed by atoms with van der Waals surface area (Å²) in [5.41, 5.74) is 0.302. The molecule has 0 aliphatic heterocycles. The Morgan fingerprint density at radius 1 is 1.33 bits per heavy atom. The molecule has 6 nitrogen and oxygen atoms in total. The second-order valence-corrected chi connectivity index (χ2v) is 3.83. The van der Waals surface area contributed by atoms with Gasteiger partial charge >= 0.3 is 12.0 Å². The molecule has 2 aromatic rings. The van der Waals surface area contributed by atoms with Crippen molar-refractivity contribution in [3.8, 4) is 0 Å². The Balaban J connectivity index is 2.14. The number of amides is 1. The molecule has 0 unspecified atom stereocenters. The minimum atomic E-state index is -1.19. The van der Waals surface area contributed by atoms with Crippen molar-refractivity contribution in [3.63, 3.8) is 0 Å². The van der Waals surface area contributed by atoms with Gasteiger partial charge in [-0.1, -0.05) is 17.7 Å². The number of carboxylic acid groups (broad SMARTS) is 1. The van der Waals surface area contributed by atoms with Crippen molar-refractivity contribution in [2.75, 3.05) is 5.32 Å². The average molecular weight is 266 g/mol. The number of aromatic nitrogens is 2. The van der Waals surface area contributed by atoms with E-state index in [9.17, 15) is 9.59 Å². The van der Waals surface area contributed by atoms with Crippen LogP contribution in [0.15, 0.2) is 36.5 Å². The van der Waals surface area contributed by atoms with E-state index in [2.05, 4.69) is 10.4 Å². The van der Waals surface area contributed by atoms with Crippen LogP contribution in [0.1, 0.15) is 10.5 Å². The number of carboxylic acids is 1. The molecule has 0 aliphatic rings. The maximum absolute atomic E-state index is 11.7. The standard InChI is InChI=1S/C11H8ClN3O3/c12-7-2-1-3-8(6-7)13-11(18)15-5-4-9(14-15)10(16)17/h1-6H,(H,13,18)(H,16,17). The van der Waals surface area contributed by atoms with Crippen molar-refractivity contribution in [2.24, 2.45) is 0 Å². The molecular formula is C11H8ClN3O3. The molecule has 1 amide bonds. The largest absolute Gasteiger partial charge is 0.476 e. The lowest BCUT2D eigenvalue weighted by molar-refractivity contribution is 0.0690. The average Bonchev–Trinajstić information content (AvgIpc) is 2.78. The first kappa shape index (κ1) is 12.1. The van der Waals surface area contributed by atoms with Gasteiger partial charge in [-0.15, -0.1) is 0 Å². The zero-order valence-electron chi connectivity index (χ0n) is 9.00. The molecule has 0 atom stereocenters. The molecule has 0 bridgehead atoms. The molecule has 92 valence electrons. The van der Waals surface area contributed by atoms with Crippen LogP contribution in [0.25, 0.3) is 0 Å². The molecule has 0 saturated carbocycles. The predicted octanol–water partition coefficient (Wildman–Crippen LogP) is 2.31. The molecule has 2 rings (SSSR count). The van der Waals surface area contributed by atoms with Crippen LogP contribution < -0.4 is 5.32 Å². The van der Waals surface area contributed by atoms with Gasteiger partial charge in [-0.25, -0.2) is 9.59 Å². The quantitative estimate of drug-likeness (QED) is 0.873. The van der Waals surface area contributed by atoms with Crippen LogP contribution in [0.3, 0.4) is 0 Å². The lowest BCUT2D eigenvalue weighted by Gasteiger charge is -2.04. The van der Waals surface area contributed by atoms with Gasteiger partial charge in [0.05, 0.1) is 0 Å². The molecule has 0 saturated heterocycles.